The highest BCUT2D eigenvalue weighted by Gasteiger charge is 2.40. The Morgan fingerprint density at radius 2 is 1.93 bits per heavy atom. The number of benzene rings is 2. The lowest BCUT2D eigenvalue weighted by atomic mass is 10.1. The highest BCUT2D eigenvalue weighted by atomic mass is 19.1. The first kappa shape index (κ1) is 19.8. The van der Waals surface area contributed by atoms with Crippen LogP contribution in [0, 0.1) is 12.7 Å². The average molecular weight is 403 g/mol. The summed E-state index contributed by atoms with van der Waals surface area (Å²) in [5.41, 5.74) is 3.69. The van der Waals surface area contributed by atoms with Gasteiger partial charge in [0.25, 0.3) is 5.91 Å². The number of aromatic nitrogens is 1. The maximum atomic E-state index is 13.2. The molecule has 0 spiro atoms. The third kappa shape index (κ3) is 3.81. The lowest BCUT2D eigenvalue weighted by molar-refractivity contribution is -0.122. The minimum absolute atomic E-state index is 0.0786. The van der Waals surface area contributed by atoms with Crippen LogP contribution >= 0.6 is 0 Å². The largest absolute Gasteiger partial charge is 0.350 e. The van der Waals surface area contributed by atoms with E-state index in [9.17, 15) is 14.0 Å². The Labute approximate surface area is 174 Å². The fourth-order valence-electron chi connectivity index (χ4n) is 3.83. The van der Waals surface area contributed by atoms with Gasteiger partial charge in [0, 0.05) is 11.9 Å². The van der Waals surface area contributed by atoms with E-state index in [4.69, 9.17) is 0 Å². The number of aryl methyl sites for hydroxylation is 1. The molecule has 0 unspecified atom stereocenters. The number of rotatable bonds is 5. The van der Waals surface area contributed by atoms with Crippen molar-refractivity contribution in [2.75, 3.05) is 4.90 Å². The van der Waals surface area contributed by atoms with E-state index in [2.05, 4.69) is 10.3 Å². The Kier molecular flexibility index (Phi) is 5.31. The van der Waals surface area contributed by atoms with Gasteiger partial charge in [-0.25, -0.2) is 4.39 Å². The van der Waals surface area contributed by atoms with Gasteiger partial charge in [-0.05, 0) is 61.4 Å². The quantitative estimate of drug-likeness (QED) is 0.682. The Hall–Kier alpha value is -3.54. The second kappa shape index (κ2) is 8.06. The first-order valence-corrected chi connectivity index (χ1v) is 9.84. The monoisotopic (exact) mass is 403 g/mol. The number of pyridine rings is 1. The van der Waals surface area contributed by atoms with E-state index < -0.39 is 6.04 Å². The van der Waals surface area contributed by atoms with Crippen LogP contribution in [0.4, 0.5) is 10.1 Å². The molecule has 1 aromatic heterocycles. The number of fused-ring (bicyclic) bond motifs is 1. The van der Waals surface area contributed by atoms with Crippen LogP contribution in [-0.2, 0) is 4.79 Å². The zero-order valence-corrected chi connectivity index (χ0v) is 16.8. The molecule has 1 aliphatic rings. The second-order valence-corrected chi connectivity index (χ2v) is 7.51. The standard InChI is InChI=1S/C24H22FN3O2/c1-15-5-3-6-19(13-15)28-21(23-20(24(28)30)7-4-12-26-23)14-22(29)27-16(2)17-8-10-18(25)11-9-17/h3-13,16,21H,14H2,1-2H3,(H,27,29)/t16-,21+/m1/s1. The van der Waals surface area contributed by atoms with Gasteiger partial charge in [0.2, 0.25) is 5.91 Å². The minimum Gasteiger partial charge on any atom is -0.350 e. The SMILES string of the molecule is Cc1cccc(N2C(=O)c3cccnc3[C@@H]2CC(=O)N[C@H](C)c2ccc(F)cc2)c1. The molecule has 6 heteroatoms. The lowest BCUT2D eigenvalue weighted by Gasteiger charge is -2.25. The Morgan fingerprint density at radius 3 is 2.67 bits per heavy atom. The normalized spacial score (nSPS) is 16.3. The van der Waals surface area contributed by atoms with E-state index in [-0.39, 0.29) is 30.1 Å². The average Bonchev–Trinajstić information content (AvgIpc) is 3.00. The molecule has 0 radical (unpaired) electrons. The van der Waals surface area contributed by atoms with E-state index in [0.717, 1.165) is 16.8 Å². The molecule has 152 valence electrons. The van der Waals surface area contributed by atoms with Gasteiger partial charge in [-0.1, -0.05) is 24.3 Å². The summed E-state index contributed by atoms with van der Waals surface area (Å²) in [7, 11) is 0. The molecule has 5 nitrogen and oxygen atoms in total. The van der Waals surface area contributed by atoms with Crippen molar-refractivity contribution in [3.05, 3.63) is 95.1 Å². The van der Waals surface area contributed by atoms with Crippen molar-refractivity contribution in [1.29, 1.82) is 0 Å². The smallest absolute Gasteiger partial charge is 0.260 e. The van der Waals surface area contributed by atoms with Crippen molar-refractivity contribution in [2.24, 2.45) is 0 Å². The van der Waals surface area contributed by atoms with Gasteiger partial charge in [-0.2, -0.15) is 0 Å². The molecule has 2 atom stereocenters. The summed E-state index contributed by atoms with van der Waals surface area (Å²) in [4.78, 5) is 32.0. The summed E-state index contributed by atoms with van der Waals surface area (Å²) >= 11 is 0. The van der Waals surface area contributed by atoms with Crippen molar-refractivity contribution in [3.63, 3.8) is 0 Å². The second-order valence-electron chi connectivity index (χ2n) is 7.51. The van der Waals surface area contributed by atoms with Crippen LogP contribution in [0.1, 0.15) is 52.6 Å². The van der Waals surface area contributed by atoms with Crippen LogP contribution in [0.15, 0.2) is 66.9 Å². The predicted molar refractivity (Wildman–Crippen MR) is 113 cm³/mol. The summed E-state index contributed by atoms with van der Waals surface area (Å²) in [5.74, 6) is -0.688. The summed E-state index contributed by atoms with van der Waals surface area (Å²) in [6.07, 6.45) is 1.72. The Balaban J connectivity index is 1.59. The Morgan fingerprint density at radius 1 is 1.17 bits per heavy atom. The molecule has 2 heterocycles. The van der Waals surface area contributed by atoms with Crippen molar-refractivity contribution in [1.82, 2.24) is 10.3 Å². The molecule has 30 heavy (non-hydrogen) atoms. The zero-order valence-electron chi connectivity index (χ0n) is 16.8. The molecule has 2 amide bonds. The number of carbonyl (C=O) groups excluding carboxylic acids is 2. The van der Waals surface area contributed by atoms with Gasteiger partial charge in [-0.3, -0.25) is 19.5 Å². The molecular formula is C24H22FN3O2. The van der Waals surface area contributed by atoms with E-state index >= 15 is 0 Å². The zero-order chi connectivity index (χ0) is 21.3. The number of amides is 2. The van der Waals surface area contributed by atoms with Crippen LogP contribution < -0.4 is 10.2 Å². The first-order chi connectivity index (χ1) is 14.4. The van der Waals surface area contributed by atoms with Crippen LogP contribution in [0.2, 0.25) is 0 Å². The first-order valence-electron chi connectivity index (χ1n) is 9.84. The fraction of sp³-hybridized carbons (Fsp3) is 0.208. The molecular weight excluding hydrogens is 381 g/mol. The molecule has 0 fully saturated rings. The third-order valence-corrected chi connectivity index (χ3v) is 5.32. The predicted octanol–water partition coefficient (Wildman–Crippen LogP) is 4.50. The number of nitrogens with zero attached hydrogens (tertiary/aromatic N) is 2. The topological polar surface area (TPSA) is 62.3 Å². The molecule has 0 aliphatic carbocycles. The number of carbonyl (C=O) groups is 2. The van der Waals surface area contributed by atoms with Crippen LogP contribution in [0.5, 0.6) is 0 Å². The van der Waals surface area contributed by atoms with Crippen molar-refractivity contribution in [2.45, 2.75) is 32.4 Å². The fourth-order valence-corrected chi connectivity index (χ4v) is 3.83. The number of nitrogens with one attached hydrogen (secondary N) is 1. The summed E-state index contributed by atoms with van der Waals surface area (Å²) in [5, 5.41) is 2.94. The van der Waals surface area contributed by atoms with E-state index in [0.29, 0.717) is 11.3 Å². The number of hydrogen-bond acceptors (Lipinski definition) is 3. The van der Waals surface area contributed by atoms with Gasteiger partial charge in [0.05, 0.1) is 29.8 Å². The van der Waals surface area contributed by atoms with Crippen molar-refractivity contribution < 1.29 is 14.0 Å². The van der Waals surface area contributed by atoms with Gasteiger partial charge in [0.15, 0.2) is 0 Å². The lowest BCUT2D eigenvalue weighted by Crippen LogP contribution is -2.34. The summed E-state index contributed by atoms with van der Waals surface area (Å²) in [6.45, 7) is 3.80. The van der Waals surface area contributed by atoms with E-state index in [1.165, 1.54) is 12.1 Å². The molecule has 0 bridgehead atoms. The van der Waals surface area contributed by atoms with Crippen molar-refractivity contribution in [3.8, 4) is 0 Å². The third-order valence-electron chi connectivity index (χ3n) is 5.32. The maximum Gasteiger partial charge on any atom is 0.260 e. The molecule has 1 aliphatic heterocycles. The maximum absolute atomic E-state index is 13.2. The van der Waals surface area contributed by atoms with Crippen LogP contribution in [-0.4, -0.2) is 16.8 Å². The molecule has 0 saturated heterocycles. The minimum atomic E-state index is -0.490. The number of anilines is 1. The molecule has 1 N–H and O–H groups in total. The van der Waals surface area contributed by atoms with Gasteiger partial charge in [0.1, 0.15) is 5.82 Å². The highest BCUT2D eigenvalue weighted by Crippen LogP contribution is 2.38. The number of hydrogen-bond donors (Lipinski definition) is 1. The highest BCUT2D eigenvalue weighted by molar-refractivity contribution is 6.11. The summed E-state index contributed by atoms with van der Waals surface area (Å²) in [6, 6.07) is 16.4. The number of halogens is 1. The summed E-state index contributed by atoms with van der Waals surface area (Å²) < 4.78 is 13.2. The van der Waals surface area contributed by atoms with Gasteiger partial charge in [-0.15, -0.1) is 0 Å². The van der Waals surface area contributed by atoms with Crippen molar-refractivity contribution >= 4 is 17.5 Å². The van der Waals surface area contributed by atoms with Gasteiger partial charge >= 0.3 is 0 Å². The molecule has 0 saturated carbocycles. The van der Waals surface area contributed by atoms with E-state index in [1.807, 2.05) is 38.1 Å². The van der Waals surface area contributed by atoms with Gasteiger partial charge < -0.3 is 5.32 Å². The molecule has 4 rings (SSSR count). The van der Waals surface area contributed by atoms with E-state index in [1.54, 1.807) is 35.4 Å². The van der Waals surface area contributed by atoms with Crippen LogP contribution in [0.25, 0.3) is 0 Å². The Bertz CT molecular complexity index is 1100. The van der Waals surface area contributed by atoms with Crippen LogP contribution in [0.3, 0.4) is 0 Å². The molecule has 2 aromatic carbocycles. The molecule has 3 aromatic rings.